The molecule has 8 heteroatoms. The number of aryl methyl sites for hydroxylation is 2. The Kier molecular flexibility index (Phi) is 5.92. The summed E-state index contributed by atoms with van der Waals surface area (Å²) in [6, 6.07) is 12.7. The van der Waals surface area contributed by atoms with Crippen LogP contribution in [0.5, 0.6) is 5.75 Å². The highest BCUT2D eigenvalue weighted by Crippen LogP contribution is 2.47. The summed E-state index contributed by atoms with van der Waals surface area (Å²) in [5.41, 5.74) is 3.17. The molecule has 1 radical (unpaired) electrons. The highest BCUT2D eigenvalue weighted by molar-refractivity contribution is 7.92. The van der Waals surface area contributed by atoms with Crippen molar-refractivity contribution in [3.8, 4) is 16.9 Å². The molecule has 3 aromatic rings. The fraction of sp³-hybridized carbons (Fsp3) is 0.308. The Morgan fingerprint density at radius 3 is 2.12 bits per heavy atom. The van der Waals surface area contributed by atoms with Crippen LogP contribution in [0.4, 0.5) is 18.9 Å². The van der Waals surface area contributed by atoms with Crippen molar-refractivity contribution in [2.45, 2.75) is 44.7 Å². The first-order valence-corrected chi connectivity index (χ1v) is 12.4. The van der Waals surface area contributed by atoms with Crippen LogP contribution < -0.4 is 4.31 Å². The Labute approximate surface area is 197 Å². The molecule has 34 heavy (non-hydrogen) atoms. The summed E-state index contributed by atoms with van der Waals surface area (Å²) in [5, 5.41) is 11.8. The lowest BCUT2D eigenvalue weighted by atomic mass is 9.87. The summed E-state index contributed by atoms with van der Waals surface area (Å²) in [4.78, 5) is 0.0613. The molecule has 1 unspecified atom stereocenters. The van der Waals surface area contributed by atoms with E-state index in [9.17, 15) is 26.7 Å². The number of hydrogen-bond donors (Lipinski definition) is 0. The van der Waals surface area contributed by atoms with E-state index >= 15 is 0 Å². The van der Waals surface area contributed by atoms with Gasteiger partial charge in [0.2, 0.25) is 0 Å². The van der Waals surface area contributed by atoms with Gasteiger partial charge in [-0.1, -0.05) is 26.0 Å². The van der Waals surface area contributed by atoms with E-state index in [2.05, 4.69) is 0 Å². The van der Waals surface area contributed by atoms with E-state index in [0.29, 0.717) is 16.8 Å². The normalized spacial score (nSPS) is 16.2. The number of benzene rings is 3. The zero-order valence-corrected chi connectivity index (χ0v) is 20.1. The van der Waals surface area contributed by atoms with Crippen molar-refractivity contribution in [3.05, 3.63) is 76.9 Å². The fourth-order valence-corrected chi connectivity index (χ4v) is 6.18. The summed E-state index contributed by atoms with van der Waals surface area (Å²) in [6.07, 6.45) is -4.41. The summed E-state index contributed by atoms with van der Waals surface area (Å²) in [7, 11) is -3.91. The average molecular weight is 489 g/mol. The third kappa shape index (κ3) is 4.15. The van der Waals surface area contributed by atoms with Gasteiger partial charge in [0.05, 0.1) is 16.1 Å². The number of sulfonamides is 1. The Morgan fingerprint density at radius 2 is 1.56 bits per heavy atom. The lowest BCUT2D eigenvalue weighted by Crippen LogP contribution is -2.31. The van der Waals surface area contributed by atoms with Crippen LogP contribution in [0.25, 0.3) is 11.1 Å². The number of fused-ring (bicyclic) bond motifs is 1. The van der Waals surface area contributed by atoms with E-state index in [1.807, 2.05) is 26.8 Å². The van der Waals surface area contributed by atoms with Crippen LogP contribution in [0.15, 0.2) is 59.5 Å². The van der Waals surface area contributed by atoms with Gasteiger partial charge in [-0.3, -0.25) is 9.41 Å². The second-order valence-electron chi connectivity index (χ2n) is 9.12. The van der Waals surface area contributed by atoms with Gasteiger partial charge in [0.1, 0.15) is 0 Å². The second kappa shape index (κ2) is 8.34. The van der Waals surface area contributed by atoms with E-state index in [1.54, 1.807) is 13.0 Å². The maximum absolute atomic E-state index is 13.6. The maximum atomic E-state index is 13.6. The molecule has 0 bridgehead atoms. The number of rotatable bonds is 4. The zero-order valence-electron chi connectivity index (χ0n) is 19.3. The minimum atomic E-state index is -4.41. The molecular formula is C26H25F3NO3S. The molecule has 0 aliphatic carbocycles. The van der Waals surface area contributed by atoms with Gasteiger partial charge < -0.3 is 0 Å². The van der Waals surface area contributed by atoms with Crippen molar-refractivity contribution in [1.82, 2.24) is 0 Å². The van der Waals surface area contributed by atoms with Crippen LogP contribution in [-0.2, 0) is 21.3 Å². The summed E-state index contributed by atoms with van der Waals surface area (Å²) in [5.74, 6) is -0.178. The van der Waals surface area contributed by atoms with Gasteiger partial charge in [0.15, 0.2) is 5.75 Å². The van der Waals surface area contributed by atoms with E-state index in [4.69, 9.17) is 0 Å². The second-order valence-corrected chi connectivity index (χ2v) is 11.0. The Hall–Kier alpha value is -3.00. The molecule has 0 saturated heterocycles. The van der Waals surface area contributed by atoms with Crippen molar-refractivity contribution in [3.63, 3.8) is 0 Å². The Morgan fingerprint density at radius 1 is 0.912 bits per heavy atom. The number of halogens is 3. The van der Waals surface area contributed by atoms with Gasteiger partial charge in [-0.05, 0) is 90.0 Å². The van der Waals surface area contributed by atoms with Crippen molar-refractivity contribution in [2.24, 2.45) is 5.92 Å². The van der Waals surface area contributed by atoms with Crippen LogP contribution in [0.2, 0.25) is 0 Å². The van der Waals surface area contributed by atoms with E-state index < -0.39 is 21.8 Å². The average Bonchev–Trinajstić information content (AvgIpc) is 3.16. The van der Waals surface area contributed by atoms with Crippen molar-refractivity contribution >= 4 is 15.7 Å². The smallest absolute Gasteiger partial charge is 0.290 e. The van der Waals surface area contributed by atoms with Crippen LogP contribution >= 0.6 is 0 Å². The van der Waals surface area contributed by atoms with Crippen LogP contribution in [0.1, 0.15) is 42.0 Å². The molecule has 0 saturated carbocycles. The lowest BCUT2D eigenvalue weighted by Gasteiger charge is -2.22. The molecule has 1 heterocycles. The van der Waals surface area contributed by atoms with Gasteiger partial charge >= 0.3 is 6.18 Å². The van der Waals surface area contributed by atoms with E-state index in [0.717, 1.165) is 28.8 Å². The molecule has 0 fully saturated rings. The number of alkyl halides is 3. The molecule has 4 rings (SSSR count). The maximum Gasteiger partial charge on any atom is 0.416 e. The topological polar surface area (TPSA) is 57.3 Å². The van der Waals surface area contributed by atoms with Crippen molar-refractivity contribution in [2.75, 3.05) is 10.8 Å². The van der Waals surface area contributed by atoms with Gasteiger partial charge in [0, 0.05) is 12.5 Å². The Bertz CT molecular complexity index is 1350. The van der Waals surface area contributed by atoms with Gasteiger partial charge in [-0.25, -0.2) is 8.42 Å². The first kappa shape index (κ1) is 24.1. The highest BCUT2D eigenvalue weighted by Gasteiger charge is 2.39. The summed E-state index contributed by atoms with van der Waals surface area (Å²) >= 11 is 0. The standard InChI is InChI=1S/C26H25F3NO3S/c1-15(2)23-14-30(34(32,33)21-9-10-24(31)16(3)12-21)25-17(4)11-19(13-22(23)25)18-5-7-20(8-6-18)26(27,28)29/h5-13,15,23H,14H2,1-4H3. The third-order valence-electron chi connectivity index (χ3n) is 6.43. The monoisotopic (exact) mass is 488 g/mol. The first-order chi connectivity index (χ1) is 15.8. The predicted octanol–water partition coefficient (Wildman–Crippen LogP) is 7.08. The number of anilines is 1. The summed E-state index contributed by atoms with van der Waals surface area (Å²) in [6.45, 7) is 7.67. The molecule has 1 atom stereocenters. The van der Waals surface area contributed by atoms with E-state index in [1.165, 1.54) is 34.6 Å². The quantitative estimate of drug-likeness (QED) is 0.394. The number of nitrogens with zero attached hydrogens (tertiary/aromatic N) is 1. The van der Waals surface area contributed by atoms with Crippen molar-refractivity contribution in [1.29, 1.82) is 0 Å². The molecule has 0 amide bonds. The van der Waals surface area contributed by atoms with Gasteiger partial charge in [-0.15, -0.1) is 0 Å². The molecule has 4 nitrogen and oxygen atoms in total. The number of hydrogen-bond acceptors (Lipinski definition) is 2. The Balaban J connectivity index is 1.82. The molecular weight excluding hydrogens is 463 g/mol. The molecule has 1 aliphatic rings. The van der Waals surface area contributed by atoms with Crippen molar-refractivity contribution < 1.29 is 26.7 Å². The predicted molar refractivity (Wildman–Crippen MR) is 125 cm³/mol. The molecule has 0 N–H and O–H groups in total. The fourth-order valence-electron chi connectivity index (χ4n) is 4.51. The lowest BCUT2D eigenvalue weighted by molar-refractivity contribution is -0.137. The third-order valence-corrected chi connectivity index (χ3v) is 8.19. The molecule has 179 valence electrons. The minimum absolute atomic E-state index is 0.0613. The van der Waals surface area contributed by atoms with Gasteiger partial charge in [-0.2, -0.15) is 13.2 Å². The SMILES string of the molecule is Cc1cc(S(=O)(=O)N2CC(C(C)C)c3cc(-c4ccc(C(F)(F)F)cc4)cc(C)c32)ccc1[O]. The van der Waals surface area contributed by atoms with Gasteiger partial charge in [0.25, 0.3) is 10.0 Å². The molecule has 0 aromatic heterocycles. The summed E-state index contributed by atoms with van der Waals surface area (Å²) < 4.78 is 67.5. The molecule has 3 aromatic carbocycles. The highest BCUT2D eigenvalue weighted by atomic mass is 32.2. The van der Waals surface area contributed by atoms with E-state index in [-0.39, 0.29) is 29.0 Å². The van der Waals surface area contributed by atoms with Crippen LogP contribution in [0, 0.1) is 19.8 Å². The largest absolute Gasteiger partial charge is 0.416 e. The first-order valence-electron chi connectivity index (χ1n) is 10.9. The zero-order chi connectivity index (χ0) is 25.0. The van der Waals surface area contributed by atoms with Crippen LogP contribution in [0.3, 0.4) is 0 Å². The molecule has 1 aliphatic heterocycles. The van der Waals surface area contributed by atoms with Crippen LogP contribution in [-0.4, -0.2) is 15.0 Å². The minimum Gasteiger partial charge on any atom is -0.290 e. The molecule has 0 spiro atoms.